The standard InChI is InChI=1S/C12H15FN2.ClH/c1-12(2,3)11(15)8-4-5-10(13)9(6-8)7-14;/h4-6,11H,15H2,1-3H3;1H/t11-;/m1./s1. The molecule has 0 unspecified atom stereocenters. The third-order valence-electron chi connectivity index (χ3n) is 2.40. The summed E-state index contributed by atoms with van der Waals surface area (Å²) in [5, 5.41) is 8.70. The maximum Gasteiger partial charge on any atom is 0.140 e. The molecule has 2 nitrogen and oxygen atoms in total. The van der Waals surface area contributed by atoms with Gasteiger partial charge in [0.2, 0.25) is 0 Å². The van der Waals surface area contributed by atoms with Crippen molar-refractivity contribution in [3.8, 4) is 6.07 Å². The van der Waals surface area contributed by atoms with Crippen LogP contribution in [0.1, 0.15) is 37.9 Å². The molecule has 0 radical (unpaired) electrons. The normalized spacial score (nSPS) is 12.5. The van der Waals surface area contributed by atoms with Gasteiger partial charge in [-0.05, 0) is 23.1 Å². The maximum atomic E-state index is 13.1. The van der Waals surface area contributed by atoms with Crippen LogP contribution in [0.3, 0.4) is 0 Å². The Balaban J connectivity index is 0.00000225. The Morgan fingerprint density at radius 1 is 1.38 bits per heavy atom. The number of halogens is 2. The minimum Gasteiger partial charge on any atom is -0.324 e. The van der Waals surface area contributed by atoms with Crippen molar-refractivity contribution in [3.05, 3.63) is 35.1 Å². The van der Waals surface area contributed by atoms with Gasteiger partial charge in [-0.2, -0.15) is 5.26 Å². The second-order valence-corrected chi connectivity index (χ2v) is 4.69. The predicted octanol–water partition coefficient (Wildman–Crippen LogP) is 3.17. The molecule has 1 aromatic rings. The first-order chi connectivity index (χ1) is 6.86. The molecule has 0 spiro atoms. The van der Waals surface area contributed by atoms with E-state index in [1.807, 2.05) is 26.8 Å². The minimum atomic E-state index is -0.498. The number of hydrogen-bond acceptors (Lipinski definition) is 2. The van der Waals surface area contributed by atoms with Crippen LogP contribution in [-0.2, 0) is 0 Å². The van der Waals surface area contributed by atoms with Crippen LogP contribution in [0.4, 0.5) is 4.39 Å². The summed E-state index contributed by atoms with van der Waals surface area (Å²) in [6, 6.07) is 6.05. The largest absolute Gasteiger partial charge is 0.324 e. The lowest BCUT2D eigenvalue weighted by atomic mass is 9.83. The topological polar surface area (TPSA) is 49.8 Å². The first kappa shape index (κ1) is 14.9. The van der Waals surface area contributed by atoms with E-state index in [2.05, 4.69) is 0 Å². The van der Waals surface area contributed by atoms with Gasteiger partial charge in [0, 0.05) is 6.04 Å². The van der Waals surface area contributed by atoms with Gasteiger partial charge in [-0.1, -0.05) is 26.8 Å². The zero-order valence-electron chi connectivity index (χ0n) is 9.62. The van der Waals surface area contributed by atoms with Gasteiger partial charge in [0.1, 0.15) is 11.9 Å². The molecule has 16 heavy (non-hydrogen) atoms. The summed E-state index contributed by atoms with van der Waals surface area (Å²) in [5.41, 5.74) is 6.75. The van der Waals surface area contributed by atoms with Gasteiger partial charge in [0.15, 0.2) is 0 Å². The van der Waals surface area contributed by atoms with Crippen molar-refractivity contribution >= 4 is 12.4 Å². The van der Waals surface area contributed by atoms with E-state index in [1.165, 1.54) is 12.1 Å². The fourth-order valence-corrected chi connectivity index (χ4v) is 1.32. The highest BCUT2D eigenvalue weighted by Gasteiger charge is 2.22. The maximum absolute atomic E-state index is 13.1. The van der Waals surface area contributed by atoms with Crippen molar-refractivity contribution in [2.24, 2.45) is 11.1 Å². The second-order valence-electron chi connectivity index (χ2n) is 4.69. The van der Waals surface area contributed by atoms with Crippen LogP contribution in [0.25, 0.3) is 0 Å². The molecule has 1 atom stereocenters. The molecule has 0 bridgehead atoms. The zero-order valence-corrected chi connectivity index (χ0v) is 10.4. The van der Waals surface area contributed by atoms with E-state index in [0.717, 1.165) is 5.56 Å². The molecule has 0 heterocycles. The number of rotatable bonds is 1. The first-order valence-electron chi connectivity index (χ1n) is 4.81. The van der Waals surface area contributed by atoms with Gasteiger partial charge in [-0.25, -0.2) is 4.39 Å². The quantitative estimate of drug-likeness (QED) is 0.822. The number of hydrogen-bond donors (Lipinski definition) is 1. The van der Waals surface area contributed by atoms with Crippen LogP contribution in [0.5, 0.6) is 0 Å². The molecule has 0 aliphatic heterocycles. The molecular weight excluding hydrogens is 227 g/mol. The van der Waals surface area contributed by atoms with E-state index < -0.39 is 5.82 Å². The molecule has 0 aliphatic carbocycles. The SMILES string of the molecule is CC(C)(C)[C@H](N)c1ccc(F)c(C#N)c1.Cl. The van der Waals surface area contributed by atoms with Crippen LogP contribution in [-0.4, -0.2) is 0 Å². The van der Waals surface area contributed by atoms with Gasteiger partial charge in [-0.3, -0.25) is 0 Å². The van der Waals surface area contributed by atoms with Crippen molar-refractivity contribution in [2.45, 2.75) is 26.8 Å². The highest BCUT2D eigenvalue weighted by Crippen LogP contribution is 2.30. The number of nitriles is 1. The Morgan fingerprint density at radius 3 is 2.38 bits per heavy atom. The number of nitrogens with zero attached hydrogens (tertiary/aromatic N) is 1. The Kier molecular flexibility index (Phi) is 4.92. The summed E-state index contributed by atoms with van der Waals surface area (Å²) in [6.07, 6.45) is 0. The third-order valence-corrected chi connectivity index (χ3v) is 2.40. The number of nitrogens with two attached hydrogens (primary N) is 1. The van der Waals surface area contributed by atoms with E-state index in [1.54, 1.807) is 6.07 Å². The molecular formula is C12H16ClFN2. The summed E-state index contributed by atoms with van der Waals surface area (Å²) in [4.78, 5) is 0. The smallest absolute Gasteiger partial charge is 0.140 e. The molecule has 88 valence electrons. The van der Waals surface area contributed by atoms with Gasteiger partial charge < -0.3 is 5.73 Å². The molecule has 0 aliphatic rings. The lowest BCUT2D eigenvalue weighted by molar-refractivity contribution is 0.326. The lowest BCUT2D eigenvalue weighted by Crippen LogP contribution is -2.26. The van der Waals surface area contributed by atoms with Gasteiger partial charge in [0.05, 0.1) is 5.56 Å². The molecule has 0 aromatic heterocycles. The highest BCUT2D eigenvalue weighted by atomic mass is 35.5. The van der Waals surface area contributed by atoms with Crippen LogP contribution in [0.2, 0.25) is 0 Å². The fraction of sp³-hybridized carbons (Fsp3) is 0.417. The molecule has 1 rings (SSSR count). The van der Waals surface area contributed by atoms with Crippen molar-refractivity contribution in [3.63, 3.8) is 0 Å². The summed E-state index contributed by atoms with van der Waals surface area (Å²) < 4.78 is 13.1. The van der Waals surface area contributed by atoms with E-state index in [0.29, 0.717) is 0 Å². The van der Waals surface area contributed by atoms with Crippen LogP contribution in [0.15, 0.2) is 18.2 Å². The Hall–Kier alpha value is -1.11. The van der Waals surface area contributed by atoms with E-state index in [4.69, 9.17) is 11.0 Å². The zero-order chi connectivity index (χ0) is 11.6. The molecule has 0 amide bonds. The lowest BCUT2D eigenvalue weighted by Gasteiger charge is -2.27. The Morgan fingerprint density at radius 2 is 1.94 bits per heavy atom. The van der Waals surface area contributed by atoms with Gasteiger partial charge >= 0.3 is 0 Å². The molecule has 0 saturated carbocycles. The van der Waals surface area contributed by atoms with Crippen LogP contribution in [0, 0.1) is 22.6 Å². The number of benzene rings is 1. The van der Waals surface area contributed by atoms with E-state index in [-0.39, 0.29) is 29.4 Å². The van der Waals surface area contributed by atoms with E-state index in [9.17, 15) is 4.39 Å². The molecule has 2 N–H and O–H groups in total. The monoisotopic (exact) mass is 242 g/mol. The molecule has 4 heteroatoms. The summed E-state index contributed by atoms with van der Waals surface area (Å²) in [6.45, 7) is 6.02. The molecule has 0 saturated heterocycles. The van der Waals surface area contributed by atoms with Crippen molar-refractivity contribution in [1.82, 2.24) is 0 Å². The summed E-state index contributed by atoms with van der Waals surface area (Å²) in [5.74, 6) is -0.498. The average molecular weight is 243 g/mol. The summed E-state index contributed by atoms with van der Waals surface area (Å²) in [7, 11) is 0. The third kappa shape index (κ3) is 3.19. The fourth-order valence-electron chi connectivity index (χ4n) is 1.32. The molecule has 0 fully saturated rings. The minimum absolute atomic E-state index is 0. The predicted molar refractivity (Wildman–Crippen MR) is 64.7 cm³/mol. The van der Waals surface area contributed by atoms with Crippen LogP contribution < -0.4 is 5.73 Å². The van der Waals surface area contributed by atoms with Crippen molar-refractivity contribution in [2.75, 3.05) is 0 Å². The average Bonchev–Trinajstić information content (AvgIpc) is 2.16. The van der Waals surface area contributed by atoms with Crippen molar-refractivity contribution in [1.29, 1.82) is 5.26 Å². The van der Waals surface area contributed by atoms with Crippen molar-refractivity contribution < 1.29 is 4.39 Å². The van der Waals surface area contributed by atoms with Gasteiger partial charge in [0.25, 0.3) is 0 Å². The first-order valence-corrected chi connectivity index (χ1v) is 4.81. The Labute approximate surface area is 102 Å². The second kappa shape index (κ2) is 5.29. The molecule has 1 aromatic carbocycles. The Bertz CT molecular complexity index is 404. The van der Waals surface area contributed by atoms with Crippen LogP contribution >= 0.6 is 12.4 Å². The van der Waals surface area contributed by atoms with Gasteiger partial charge in [-0.15, -0.1) is 12.4 Å². The summed E-state index contributed by atoms with van der Waals surface area (Å²) >= 11 is 0. The van der Waals surface area contributed by atoms with E-state index >= 15 is 0 Å². The highest BCUT2D eigenvalue weighted by molar-refractivity contribution is 5.85.